The zero-order valence-corrected chi connectivity index (χ0v) is 11.0. The van der Waals surface area contributed by atoms with Crippen molar-refractivity contribution in [1.82, 2.24) is 0 Å². The van der Waals surface area contributed by atoms with E-state index in [0.717, 1.165) is 0 Å². The third-order valence-electron chi connectivity index (χ3n) is 3.02. The van der Waals surface area contributed by atoms with Gasteiger partial charge in [0.15, 0.2) is 5.83 Å². The van der Waals surface area contributed by atoms with Crippen molar-refractivity contribution in [2.45, 2.75) is 42.6 Å². The summed E-state index contributed by atoms with van der Waals surface area (Å²) in [7, 11) is 0. The lowest BCUT2D eigenvalue weighted by Crippen LogP contribution is -2.71. The number of hydrogen-bond donors (Lipinski definition) is 0. The summed E-state index contributed by atoms with van der Waals surface area (Å²) in [6.07, 6.45) is -7.06. The summed E-state index contributed by atoms with van der Waals surface area (Å²) >= 11 is 0. The molecule has 1 unspecified atom stereocenters. The quantitative estimate of drug-likeness (QED) is 0.617. The molecule has 0 fully saturated rings. The second-order valence-electron chi connectivity index (χ2n) is 4.51. The molecule has 1 aliphatic rings. The molecule has 1 nitrogen and oxygen atoms in total. The Hall–Kier alpha value is -1.21. The molecular weight excluding hydrogens is 383 g/mol. The fraction of sp³-hybridized carbons (Fsp3) is 0.800. The Morgan fingerprint density at radius 3 is 1.58 bits per heavy atom. The zero-order chi connectivity index (χ0) is 19.6. The Morgan fingerprint density at radius 2 is 1.25 bits per heavy atom. The number of hydrogen-bond acceptors (Lipinski definition) is 1. The Labute approximate surface area is 124 Å². The molecule has 1 rings (SSSR count). The average Bonchev–Trinajstić information content (AvgIpc) is 2.35. The Kier molecular flexibility index (Phi) is 4.47. The topological polar surface area (TPSA) is 9.23 Å². The molecule has 0 spiro atoms. The number of alkyl halides is 12. The highest BCUT2D eigenvalue weighted by molar-refractivity contribution is 5.40. The van der Waals surface area contributed by atoms with Gasteiger partial charge in [0, 0.05) is 6.61 Å². The van der Waals surface area contributed by atoms with Crippen LogP contribution in [-0.4, -0.2) is 42.3 Å². The van der Waals surface area contributed by atoms with E-state index in [1.165, 1.54) is 0 Å². The first-order valence-corrected chi connectivity index (χ1v) is 5.66. The summed E-state index contributed by atoms with van der Waals surface area (Å²) in [6.45, 7) is -1.08. The number of rotatable bonds is 3. The number of allylic oxidation sites excluding steroid dienone is 1. The highest BCUT2D eigenvalue weighted by atomic mass is 19.4. The van der Waals surface area contributed by atoms with E-state index in [-0.39, 0.29) is 0 Å². The van der Waals surface area contributed by atoms with Crippen LogP contribution < -0.4 is 0 Å². The van der Waals surface area contributed by atoms with Gasteiger partial charge in [-0.05, 0) is 6.92 Å². The van der Waals surface area contributed by atoms with E-state index in [9.17, 15) is 57.1 Å². The van der Waals surface area contributed by atoms with Gasteiger partial charge in [0.25, 0.3) is 0 Å². The zero-order valence-electron chi connectivity index (χ0n) is 11.0. The average molecular weight is 388 g/mol. The van der Waals surface area contributed by atoms with Gasteiger partial charge >= 0.3 is 35.7 Å². The van der Waals surface area contributed by atoms with E-state index in [2.05, 4.69) is 4.74 Å². The van der Waals surface area contributed by atoms with Crippen LogP contribution >= 0.6 is 0 Å². The summed E-state index contributed by atoms with van der Waals surface area (Å²) in [6, 6.07) is 0. The van der Waals surface area contributed by atoms with Gasteiger partial charge in [0.1, 0.15) is 5.57 Å². The van der Waals surface area contributed by atoms with Crippen LogP contribution in [0.3, 0.4) is 0 Å². The first-order valence-electron chi connectivity index (χ1n) is 5.66. The molecule has 0 heterocycles. The highest BCUT2D eigenvalue weighted by Crippen LogP contribution is 2.65. The third-order valence-corrected chi connectivity index (χ3v) is 3.02. The second-order valence-corrected chi connectivity index (χ2v) is 4.51. The fourth-order valence-corrected chi connectivity index (χ4v) is 1.84. The fourth-order valence-electron chi connectivity index (χ4n) is 1.84. The molecule has 0 saturated carbocycles. The lowest BCUT2D eigenvalue weighted by atomic mass is 9.80. The van der Waals surface area contributed by atoms with Crippen molar-refractivity contribution < 1.29 is 61.8 Å². The SMILES string of the molecule is CCOC1(F)C(C(F)(F)C(F)(F)F)=C(F)C(F)(F)C(F)(F)C1(F)F. The summed E-state index contributed by atoms with van der Waals surface area (Å²) in [4.78, 5) is 0. The molecule has 0 amide bonds. The minimum atomic E-state index is -7.06. The molecule has 14 heteroatoms. The molecule has 0 aliphatic heterocycles. The predicted molar refractivity (Wildman–Crippen MR) is 49.4 cm³/mol. The normalized spacial score (nSPS) is 29.8. The van der Waals surface area contributed by atoms with E-state index in [0.29, 0.717) is 6.92 Å². The van der Waals surface area contributed by atoms with Crippen molar-refractivity contribution >= 4 is 0 Å². The first kappa shape index (κ1) is 20.8. The Balaban J connectivity index is 4.00. The van der Waals surface area contributed by atoms with Gasteiger partial charge in [-0.25, -0.2) is 4.39 Å². The smallest absolute Gasteiger partial charge is 0.338 e. The largest absolute Gasteiger partial charge is 0.458 e. The summed E-state index contributed by atoms with van der Waals surface area (Å²) in [5, 5.41) is 0. The number of ether oxygens (including phenoxy) is 1. The standard InChI is InChI=1S/C10H5F13O/c1-2-24-7(16)3(5(12,13)10(21,22)23)4(11)6(14,15)8(17,18)9(7,19)20/h2H2,1H3. The molecule has 142 valence electrons. The van der Waals surface area contributed by atoms with E-state index < -0.39 is 53.7 Å². The summed E-state index contributed by atoms with van der Waals surface area (Å²) in [5.41, 5.74) is -4.26. The van der Waals surface area contributed by atoms with E-state index >= 15 is 0 Å². The van der Waals surface area contributed by atoms with Gasteiger partial charge in [0.2, 0.25) is 0 Å². The van der Waals surface area contributed by atoms with Crippen molar-refractivity contribution in [1.29, 1.82) is 0 Å². The molecule has 0 aromatic heterocycles. The molecular formula is C10H5F13O. The van der Waals surface area contributed by atoms with Crippen LogP contribution in [0.4, 0.5) is 57.1 Å². The van der Waals surface area contributed by atoms with Crippen molar-refractivity contribution in [3.05, 3.63) is 11.4 Å². The monoisotopic (exact) mass is 388 g/mol. The summed E-state index contributed by atoms with van der Waals surface area (Å²) < 4.78 is 173. The molecule has 1 atom stereocenters. The third kappa shape index (κ3) is 2.20. The molecule has 0 aromatic rings. The maximum atomic E-state index is 14.1. The molecule has 0 saturated heterocycles. The molecule has 0 N–H and O–H groups in total. The van der Waals surface area contributed by atoms with Gasteiger partial charge in [-0.2, -0.15) is 52.7 Å². The van der Waals surface area contributed by atoms with Crippen molar-refractivity contribution in [2.75, 3.05) is 6.61 Å². The highest BCUT2D eigenvalue weighted by Gasteiger charge is 2.90. The molecule has 0 bridgehead atoms. The predicted octanol–water partition coefficient (Wildman–Crippen LogP) is 5.03. The molecule has 1 aliphatic carbocycles. The van der Waals surface area contributed by atoms with Crippen LogP contribution in [0.25, 0.3) is 0 Å². The van der Waals surface area contributed by atoms with Gasteiger partial charge < -0.3 is 4.74 Å². The Morgan fingerprint density at radius 1 is 0.833 bits per heavy atom. The van der Waals surface area contributed by atoms with Crippen molar-refractivity contribution in [3.8, 4) is 0 Å². The maximum Gasteiger partial charge on any atom is 0.458 e. The van der Waals surface area contributed by atoms with Crippen LogP contribution in [0.2, 0.25) is 0 Å². The Bertz CT molecular complexity index is 545. The molecule has 0 radical (unpaired) electrons. The van der Waals surface area contributed by atoms with E-state index in [1.807, 2.05) is 0 Å². The van der Waals surface area contributed by atoms with Crippen LogP contribution in [0, 0.1) is 0 Å². The lowest BCUT2D eigenvalue weighted by molar-refractivity contribution is -0.398. The minimum Gasteiger partial charge on any atom is -0.338 e. The van der Waals surface area contributed by atoms with Crippen LogP contribution in [-0.2, 0) is 4.74 Å². The van der Waals surface area contributed by atoms with Gasteiger partial charge in [-0.15, -0.1) is 0 Å². The van der Waals surface area contributed by atoms with E-state index in [1.54, 1.807) is 0 Å². The lowest BCUT2D eigenvalue weighted by Gasteiger charge is -2.46. The molecule has 0 aromatic carbocycles. The van der Waals surface area contributed by atoms with Crippen LogP contribution in [0.15, 0.2) is 11.4 Å². The van der Waals surface area contributed by atoms with Crippen molar-refractivity contribution in [3.63, 3.8) is 0 Å². The van der Waals surface area contributed by atoms with Crippen LogP contribution in [0.5, 0.6) is 0 Å². The van der Waals surface area contributed by atoms with Crippen molar-refractivity contribution in [2.24, 2.45) is 0 Å². The molecule has 24 heavy (non-hydrogen) atoms. The van der Waals surface area contributed by atoms with E-state index in [4.69, 9.17) is 0 Å². The first-order chi connectivity index (χ1) is 10.3. The second kappa shape index (κ2) is 5.14. The minimum absolute atomic E-state index is 0.476. The van der Waals surface area contributed by atoms with Gasteiger partial charge in [0.05, 0.1) is 0 Å². The maximum absolute atomic E-state index is 14.1. The van der Waals surface area contributed by atoms with Gasteiger partial charge in [-0.3, -0.25) is 0 Å². The van der Waals surface area contributed by atoms with Crippen LogP contribution in [0.1, 0.15) is 6.92 Å². The summed E-state index contributed by atoms with van der Waals surface area (Å²) in [5.74, 6) is -38.4. The van der Waals surface area contributed by atoms with Gasteiger partial charge in [-0.1, -0.05) is 0 Å². The number of halogens is 13.